The number of piperidine rings is 1. The van der Waals surface area contributed by atoms with Crippen LogP contribution >= 0.6 is 11.6 Å². The van der Waals surface area contributed by atoms with Crippen molar-refractivity contribution in [3.8, 4) is 5.88 Å². The zero-order valence-electron chi connectivity index (χ0n) is 10.8. The van der Waals surface area contributed by atoms with Crippen molar-refractivity contribution in [3.05, 3.63) is 22.8 Å². The van der Waals surface area contributed by atoms with Gasteiger partial charge in [-0.15, -0.1) is 0 Å². The molecule has 1 aromatic heterocycles. The molecule has 5 nitrogen and oxygen atoms in total. The van der Waals surface area contributed by atoms with E-state index in [1.807, 2.05) is 0 Å². The van der Waals surface area contributed by atoms with Gasteiger partial charge in [-0.1, -0.05) is 18.0 Å². The molecule has 0 aliphatic carbocycles. The van der Waals surface area contributed by atoms with Crippen LogP contribution in [0.15, 0.2) is 12.1 Å². The number of rotatable bonds is 4. The average Bonchev–Trinajstić information content (AvgIpc) is 2.39. The molecule has 0 radical (unpaired) electrons. The second kappa shape index (κ2) is 6.21. The third-order valence-corrected chi connectivity index (χ3v) is 3.67. The molecule has 1 atom stereocenters. The number of aromatic carboxylic acids is 1. The number of pyridine rings is 1. The first-order valence-corrected chi connectivity index (χ1v) is 6.68. The molecule has 0 saturated carbocycles. The summed E-state index contributed by atoms with van der Waals surface area (Å²) in [6, 6.07) is 3.45. The number of carbonyl (C=O) groups is 1. The molecule has 1 N–H and O–H groups in total. The number of likely N-dealkylation sites (N-methyl/N-ethyl adjacent to an activating group) is 1. The van der Waals surface area contributed by atoms with E-state index in [0.29, 0.717) is 18.5 Å². The first-order chi connectivity index (χ1) is 9.08. The lowest BCUT2D eigenvalue weighted by molar-refractivity contribution is 0.0688. The molecule has 1 aliphatic rings. The van der Waals surface area contributed by atoms with Crippen molar-refractivity contribution in [2.24, 2.45) is 0 Å². The molecular formula is C13H17ClN2O3. The first-order valence-electron chi connectivity index (χ1n) is 6.31. The number of carboxylic acid groups (broad SMARTS) is 1. The fourth-order valence-corrected chi connectivity index (χ4v) is 2.38. The number of aromatic nitrogens is 1. The predicted molar refractivity (Wildman–Crippen MR) is 72.0 cm³/mol. The molecule has 1 saturated heterocycles. The van der Waals surface area contributed by atoms with Crippen LogP contribution in [0, 0.1) is 0 Å². The molecule has 1 fully saturated rings. The Morgan fingerprint density at radius 1 is 1.58 bits per heavy atom. The zero-order valence-corrected chi connectivity index (χ0v) is 11.6. The number of nitrogens with zero attached hydrogens (tertiary/aromatic N) is 2. The maximum absolute atomic E-state index is 10.9. The lowest BCUT2D eigenvalue weighted by atomic mass is 10.0. The number of halogens is 1. The summed E-state index contributed by atoms with van der Waals surface area (Å²) >= 11 is 5.76. The van der Waals surface area contributed by atoms with Gasteiger partial charge in [0.15, 0.2) is 5.69 Å². The Morgan fingerprint density at radius 2 is 2.37 bits per heavy atom. The molecule has 19 heavy (non-hydrogen) atoms. The van der Waals surface area contributed by atoms with Crippen molar-refractivity contribution in [2.75, 3.05) is 20.2 Å². The summed E-state index contributed by atoms with van der Waals surface area (Å²) in [5.74, 6) is -0.842. The van der Waals surface area contributed by atoms with Crippen LogP contribution in [0.25, 0.3) is 0 Å². The van der Waals surface area contributed by atoms with Gasteiger partial charge in [-0.2, -0.15) is 0 Å². The zero-order chi connectivity index (χ0) is 13.8. The number of likely N-dealkylation sites (tertiary alicyclic amines) is 1. The molecule has 2 rings (SSSR count). The van der Waals surface area contributed by atoms with Crippen LogP contribution in [0.4, 0.5) is 0 Å². The number of hydrogen-bond acceptors (Lipinski definition) is 4. The molecule has 1 aromatic rings. The fourth-order valence-electron chi connectivity index (χ4n) is 2.19. The number of ether oxygens (including phenoxy) is 1. The highest BCUT2D eigenvalue weighted by molar-refractivity contribution is 6.33. The molecule has 1 unspecified atom stereocenters. The second-order valence-corrected chi connectivity index (χ2v) is 5.13. The first kappa shape index (κ1) is 14.1. The van der Waals surface area contributed by atoms with Gasteiger partial charge in [0.1, 0.15) is 6.61 Å². The van der Waals surface area contributed by atoms with E-state index in [-0.39, 0.29) is 10.7 Å². The topological polar surface area (TPSA) is 62.7 Å². The third-order valence-electron chi connectivity index (χ3n) is 3.37. The van der Waals surface area contributed by atoms with Gasteiger partial charge in [-0.05, 0) is 32.5 Å². The summed E-state index contributed by atoms with van der Waals surface area (Å²) in [5, 5.41) is 9.06. The van der Waals surface area contributed by atoms with Crippen LogP contribution in [0.2, 0.25) is 5.02 Å². The van der Waals surface area contributed by atoms with Gasteiger partial charge in [0.2, 0.25) is 5.88 Å². The SMILES string of the molecule is CN1CCCCC1COc1ccc(Cl)c(C(=O)O)n1. The maximum Gasteiger partial charge on any atom is 0.356 e. The van der Waals surface area contributed by atoms with Gasteiger partial charge in [0, 0.05) is 12.1 Å². The molecule has 1 aliphatic heterocycles. The predicted octanol–water partition coefficient (Wildman–Crippen LogP) is 2.30. The molecule has 0 amide bonds. The van der Waals surface area contributed by atoms with Crippen LogP contribution in [0.5, 0.6) is 5.88 Å². The van der Waals surface area contributed by atoms with E-state index >= 15 is 0 Å². The largest absolute Gasteiger partial charge is 0.476 e. The molecular weight excluding hydrogens is 268 g/mol. The normalized spacial score (nSPS) is 20.2. The van der Waals surface area contributed by atoms with Crippen LogP contribution in [0.1, 0.15) is 29.8 Å². The Labute approximate surface area is 117 Å². The van der Waals surface area contributed by atoms with Gasteiger partial charge < -0.3 is 14.7 Å². The van der Waals surface area contributed by atoms with Crippen molar-refractivity contribution in [2.45, 2.75) is 25.3 Å². The quantitative estimate of drug-likeness (QED) is 0.919. The Morgan fingerprint density at radius 3 is 3.05 bits per heavy atom. The molecule has 6 heteroatoms. The van der Waals surface area contributed by atoms with Crippen molar-refractivity contribution in [1.82, 2.24) is 9.88 Å². The molecule has 104 valence electrons. The fraction of sp³-hybridized carbons (Fsp3) is 0.538. The van der Waals surface area contributed by atoms with E-state index in [2.05, 4.69) is 16.9 Å². The van der Waals surface area contributed by atoms with Crippen molar-refractivity contribution in [3.63, 3.8) is 0 Å². The Bertz CT molecular complexity index is 467. The summed E-state index contributed by atoms with van der Waals surface area (Å²) in [4.78, 5) is 17.1. The summed E-state index contributed by atoms with van der Waals surface area (Å²) < 4.78 is 5.59. The Kier molecular flexibility index (Phi) is 4.61. The van der Waals surface area contributed by atoms with Crippen LogP contribution in [-0.4, -0.2) is 47.2 Å². The van der Waals surface area contributed by atoms with Crippen LogP contribution in [0.3, 0.4) is 0 Å². The molecule has 0 spiro atoms. The van der Waals surface area contributed by atoms with Crippen molar-refractivity contribution in [1.29, 1.82) is 0 Å². The van der Waals surface area contributed by atoms with E-state index < -0.39 is 5.97 Å². The average molecular weight is 285 g/mol. The van der Waals surface area contributed by atoms with E-state index in [0.717, 1.165) is 13.0 Å². The van der Waals surface area contributed by atoms with Crippen molar-refractivity contribution < 1.29 is 14.6 Å². The maximum atomic E-state index is 10.9. The van der Waals surface area contributed by atoms with Gasteiger partial charge in [0.25, 0.3) is 0 Å². The second-order valence-electron chi connectivity index (χ2n) is 4.73. The van der Waals surface area contributed by atoms with Crippen molar-refractivity contribution >= 4 is 17.6 Å². The smallest absolute Gasteiger partial charge is 0.356 e. The lowest BCUT2D eigenvalue weighted by Crippen LogP contribution is -2.40. The van der Waals surface area contributed by atoms with Gasteiger partial charge in [-0.3, -0.25) is 0 Å². The minimum absolute atomic E-state index is 0.120. The minimum Gasteiger partial charge on any atom is -0.476 e. The van der Waals surface area contributed by atoms with Gasteiger partial charge >= 0.3 is 5.97 Å². The highest BCUT2D eigenvalue weighted by Crippen LogP contribution is 2.20. The summed E-state index contributed by atoms with van der Waals surface area (Å²) in [6.45, 7) is 1.59. The van der Waals surface area contributed by atoms with E-state index in [9.17, 15) is 4.79 Å². The third kappa shape index (κ3) is 3.58. The van der Waals surface area contributed by atoms with Crippen LogP contribution in [-0.2, 0) is 0 Å². The summed E-state index contributed by atoms with van der Waals surface area (Å²) in [5.41, 5.74) is -0.170. The van der Waals surface area contributed by atoms with Gasteiger partial charge in [-0.25, -0.2) is 9.78 Å². The highest BCUT2D eigenvalue weighted by atomic mass is 35.5. The van der Waals surface area contributed by atoms with Crippen LogP contribution < -0.4 is 4.74 Å². The van der Waals surface area contributed by atoms with E-state index in [1.54, 1.807) is 6.07 Å². The Balaban J connectivity index is 1.99. The van der Waals surface area contributed by atoms with E-state index in [4.69, 9.17) is 21.4 Å². The lowest BCUT2D eigenvalue weighted by Gasteiger charge is -2.31. The Hall–Kier alpha value is -1.33. The number of carboxylic acids is 1. The monoisotopic (exact) mass is 284 g/mol. The summed E-state index contributed by atoms with van der Waals surface area (Å²) in [7, 11) is 2.07. The minimum atomic E-state index is -1.15. The molecule has 0 aromatic carbocycles. The molecule has 2 heterocycles. The number of hydrogen-bond donors (Lipinski definition) is 1. The standard InChI is InChI=1S/C13H17ClN2O3/c1-16-7-3-2-4-9(16)8-19-11-6-5-10(14)12(15-11)13(17)18/h5-6,9H,2-4,7-8H2,1H3,(H,17,18). The van der Waals surface area contributed by atoms with E-state index in [1.165, 1.54) is 18.9 Å². The van der Waals surface area contributed by atoms with Gasteiger partial charge in [0.05, 0.1) is 5.02 Å². The highest BCUT2D eigenvalue weighted by Gasteiger charge is 2.20. The summed E-state index contributed by atoms with van der Waals surface area (Å²) in [6.07, 6.45) is 3.51. The molecule has 0 bridgehead atoms.